The van der Waals surface area contributed by atoms with Crippen LogP contribution in [0.25, 0.3) is 11.1 Å². The Hall–Kier alpha value is -2.18. The lowest BCUT2D eigenvalue weighted by atomic mass is 10.1. The zero-order valence-electron chi connectivity index (χ0n) is 13.6. The molecule has 1 aromatic carbocycles. The lowest BCUT2D eigenvalue weighted by Gasteiger charge is -2.27. The lowest BCUT2D eigenvalue weighted by Crippen LogP contribution is -2.37. The highest BCUT2D eigenvalue weighted by atomic mass is 35.5. The fourth-order valence-corrected chi connectivity index (χ4v) is 2.76. The Morgan fingerprint density at radius 3 is 2.71 bits per heavy atom. The monoisotopic (exact) mass is 347 g/mol. The molecule has 0 unspecified atom stereocenters. The molecule has 2 aromatic rings. The van der Waals surface area contributed by atoms with E-state index in [0.29, 0.717) is 35.5 Å². The van der Waals surface area contributed by atoms with Crippen LogP contribution in [0.4, 0.5) is 5.95 Å². The molecule has 0 saturated carbocycles. The summed E-state index contributed by atoms with van der Waals surface area (Å²) in [7, 11) is 0. The molecule has 1 aliphatic rings. The number of hydrogen-bond acceptors (Lipinski definition) is 6. The van der Waals surface area contributed by atoms with Crippen molar-refractivity contribution in [3.05, 3.63) is 35.1 Å². The summed E-state index contributed by atoms with van der Waals surface area (Å²) in [6.45, 7) is 6.16. The van der Waals surface area contributed by atoms with Crippen molar-refractivity contribution in [1.29, 1.82) is 0 Å². The Kier molecular flexibility index (Phi) is 4.97. The first-order valence-corrected chi connectivity index (χ1v) is 8.07. The molecule has 1 aromatic heterocycles. The summed E-state index contributed by atoms with van der Waals surface area (Å²) in [5, 5.41) is 0.553. The smallest absolute Gasteiger partial charge is 0.308 e. The highest BCUT2D eigenvalue weighted by Gasteiger charge is 2.17. The molecule has 0 radical (unpaired) electrons. The fraction of sp³-hybridized carbons (Fsp3) is 0.353. The Labute approximate surface area is 145 Å². The lowest BCUT2D eigenvalue weighted by molar-refractivity contribution is -0.131. The Balaban J connectivity index is 1.97. The second kappa shape index (κ2) is 7.15. The number of nitrogens with zero attached hydrogens (tertiary/aromatic N) is 3. The van der Waals surface area contributed by atoms with Crippen molar-refractivity contribution in [1.82, 2.24) is 9.97 Å². The van der Waals surface area contributed by atoms with E-state index in [1.54, 1.807) is 24.4 Å². The van der Waals surface area contributed by atoms with E-state index in [-0.39, 0.29) is 5.97 Å². The van der Waals surface area contributed by atoms with E-state index in [0.717, 1.165) is 24.3 Å². The van der Waals surface area contributed by atoms with E-state index in [2.05, 4.69) is 14.9 Å². The normalized spacial score (nSPS) is 14.5. The minimum atomic E-state index is -0.387. The van der Waals surface area contributed by atoms with Crippen molar-refractivity contribution >= 4 is 23.5 Å². The van der Waals surface area contributed by atoms with Crippen molar-refractivity contribution < 1.29 is 14.3 Å². The van der Waals surface area contributed by atoms with Gasteiger partial charge in [-0.15, -0.1) is 0 Å². The van der Waals surface area contributed by atoms with Crippen LogP contribution in [0.15, 0.2) is 24.4 Å². The van der Waals surface area contributed by atoms with Crippen molar-refractivity contribution in [2.24, 2.45) is 0 Å². The molecule has 1 fully saturated rings. The number of ether oxygens (including phenoxy) is 2. The Morgan fingerprint density at radius 1 is 1.29 bits per heavy atom. The summed E-state index contributed by atoms with van der Waals surface area (Å²) < 4.78 is 10.6. The number of carbonyl (C=O) groups is 1. The first-order valence-electron chi connectivity index (χ1n) is 7.69. The molecular formula is C17H18ClN3O3. The van der Waals surface area contributed by atoms with Crippen LogP contribution in [0.2, 0.25) is 5.02 Å². The highest BCUT2D eigenvalue weighted by Crippen LogP contribution is 2.34. The van der Waals surface area contributed by atoms with Gasteiger partial charge in [-0.3, -0.25) is 4.79 Å². The summed E-state index contributed by atoms with van der Waals surface area (Å²) in [5.41, 5.74) is 2.27. The predicted molar refractivity (Wildman–Crippen MR) is 91.6 cm³/mol. The van der Waals surface area contributed by atoms with Crippen molar-refractivity contribution in [2.75, 3.05) is 31.2 Å². The molecule has 3 rings (SSSR count). The topological polar surface area (TPSA) is 64.5 Å². The van der Waals surface area contributed by atoms with Gasteiger partial charge in [-0.1, -0.05) is 11.6 Å². The van der Waals surface area contributed by atoms with Crippen molar-refractivity contribution in [3.8, 4) is 16.9 Å². The molecule has 24 heavy (non-hydrogen) atoms. The second-order valence-electron chi connectivity index (χ2n) is 5.50. The molecule has 0 N–H and O–H groups in total. The maximum absolute atomic E-state index is 11.3. The van der Waals surface area contributed by atoms with Gasteiger partial charge in [0.05, 0.1) is 18.9 Å². The van der Waals surface area contributed by atoms with E-state index in [1.807, 2.05) is 6.92 Å². The molecule has 0 aliphatic carbocycles. The molecule has 1 saturated heterocycles. The zero-order valence-corrected chi connectivity index (χ0v) is 14.3. The van der Waals surface area contributed by atoms with Crippen LogP contribution >= 0.6 is 11.6 Å². The van der Waals surface area contributed by atoms with Gasteiger partial charge in [-0.05, 0) is 25.1 Å². The summed E-state index contributed by atoms with van der Waals surface area (Å²) in [4.78, 5) is 22.5. The van der Waals surface area contributed by atoms with Crippen LogP contribution in [-0.4, -0.2) is 42.2 Å². The molecule has 6 nitrogen and oxygen atoms in total. The van der Waals surface area contributed by atoms with Gasteiger partial charge in [0.1, 0.15) is 5.75 Å². The predicted octanol–water partition coefficient (Wildman–Crippen LogP) is 2.87. The Morgan fingerprint density at radius 2 is 2.04 bits per heavy atom. The van der Waals surface area contributed by atoms with E-state index < -0.39 is 0 Å². The third-order valence-corrected chi connectivity index (χ3v) is 3.98. The van der Waals surface area contributed by atoms with Crippen molar-refractivity contribution in [2.45, 2.75) is 13.8 Å². The molecule has 2 heterocycles. The van der Waals surface area contributed by atoms with Gasteiger partial charge >= 0.3 is 5.97 Å². The molecule has 126 valence electrons. The van der Waals surface area contributed by atoms with Crippen LogP contribution < -0.4 is 9.64 Å². The maximum Gasteiger partial charge on any atom is 0.308 e. The van der Waals surface area contributed by atoms with Gasteiger partial charge in [0.2, 0.25) is 5.95 Å². The minimum absolute atomic E-state index is 0.387. The van der Waals surface area contributed by atoms with Crippen LogP contribution in [0.3, 0.4) is 0 Å². The molecule has 0 atom stereocenters. The van der Waals surface area contributed by atoms with Gasteiger partial charge in [0.15, 0.2) is 0 Å². The number of carbonyl (C=O) groups excluding carboxylic acids is 1. The number of aryl methyl sites for hydroxylation is 1. The first kappa shape index (κ1) is 16.7. The largest absolute Gasteiger partial charge is 0.426 e. The fourth-order valence-electron chi connectivity index (χ4n) is 2.59. The van der Waals surface area contributed by atoms with Gasteiger partial charge in [0.25, 0.3) is 0 Å². The van der Waals surface area contributed by atoms with Crippen LogP contribution in [0.1, 0.15) is 12.6 Å². The number of aromatic nitrogens is 2. The standard InChI is InChI=1S/C17H18ClN3O3/c1-11-15(10-19-17(20-11)21-5-7-23-8-6-21)14-9-13(18)3-4-16(14)24-12(2)22/h3-4,9-10H,5-8H2,1-2H3. The number of anilines is 1. The van der Waals surface area contributed by atoms with Crippen LogP contribution in [-0.2, 0) is 9.53 Å². The Bertz CT molecular complexity index is 761. The molecule has 7 heteroatoms. The number of morpholine rings is 1. The van der Waals surface area contributed by atoms with Gasteiger partial charge in [-0.25, -0.2) is 9.97 Å². The van der Waals surface area contributed by atoms with Crippen LogP contribution in [0.5, 0.6) is 5.75 Å². The van der Waals surface area contributed by atoms with E-state index in [1.165, 1.54) is 6.92 Å². The summed E-state index contributed by atoms with van der Waals surface area (Å²) in [5.74, 6) is 0.732. The number of benzene rings is 1. The SMILES string of the molecule is CC(=O)Oc1ccc(Cl)cc1-c1cnc(N2CCOCC2)nc1C. The first-order chi connectivity index (χ1) is 11.5. The van der Waals surface area contributed by atoms with Gasteiger partial charge in [0, 0.05) is 42.4 Å². The van der Waals surface area contributed by atoms with E-state index >= 15 is 0 Å². The maximum atomic E-state index is 11.3. The van der Waals surface area contributed by atoms with Gasteiger partial charge < -0.3 is 14.4 Å². The molecule has 1 aliphatic heterocycles. The number of halogens is 1. The van der Waals surface area contributed by atoms with Gasteiger partial charge in [-0.2, -0.15) is 0 Å². The van der Waals surface area contributed by atoms with Crippen molar-refractivity contribution in [3.63, 3.8) is 0 Å². The minimum Gasteiger partial charge on any atom is -0.426 e. The molecular weight excluding hydrogens is 330 g/mol. The van der Waals surface area contributed by atoms with E-state index in [4.69, 9.17) is 21.1 Å². The quantitative estimate of drug-likeness (QED) is 0.628. The summed E-state index contributed by atoms with van der Waals surface area (Å²) in [6.07, 6.45) is 1.74. The highest BCUT2D eigenvalue weighted by molar-refractivity contribution is 6.31. The molecule has 0 spiro atoms. The van der Waals surface area contributed by atoms with Crippen LogP contribution in [0, 0.1) is 6.92 Å². The second-order valence-corrected chi connectivity index (χ2v) is 5.94. The average molecular weight is 348 g/mol. The average Bonchev–Trinajstić information content (AvgIpc) is 2.57. The number of esters is 1. The molecule has 0 amide bonds. The number of hydrogen-bond donors (Lipinski definition) is 0. The zero-order chi connectivity index (χ0) is 17.1. The summed E-state index contributed by atoms with van der Waals surface area (Å²) in [6, 6.07) is 5.11. The summed E-state index contributed by atoms with van der Waals surface area (Å²) >= 11 is 6.11. The third-order valence-electron chi connectivity index (χ3n) is 3.75. The van der Waals surface area contributed by atoms with E-state index in [9.17, 15) is 4.79 Å². The molecule has 0 bridgehead atoms. The number of rotatable bonds is 3. The third kappa shape index (κ3) is 3.66.